The van der Waals surface area contributed by atoms with Crippen molar-refractivity contribution in [1.29, 1.82) is 0 Å². The van der Waals surface area contributed by atoms with E-state index >= 15 is 0 Å². The number of morpholine rings is 1. The third-order valence-corrected chi connectivity index (χ3v) is 4.42. The van der Waals surface area contributed by atoms with Crippen molar-refractivity contribution in [2.75, 3.05) is 39.4 Å². The molecule has 5 nitrogen and oxygen atoms in total. The first-order valence-corrected chi connectivity index (χ1v) is 9.05. The van der Waals surface area contributed by atoms with Crippen molar-refractivity contribution in [2.24, 2.45) is 16.6 Å². The van der Waals surface area contributed by atoms with Gasteiger partial charge in [-0.1, -0.05) is 37.6 Å². The van der Waals surface area contributed by atoms with Crippen molar-refractivity contribution in [3.8, 4) is 0 Å². The molecule has 0 saturated carbocycles. The third-order valence-electron chi connectivity index (χ3n) is 4.18. The molecule has 3 N–H and O–H groups in total. The molecule has 0 bridgehead atoms. The number of aliphatic imine (C=N–C) groups is 1. The molecule has 0 amide bonds. The van der Waals surface area contributed by atoms with Crippen LogP contribution in [0, 0.1) is 5.92 Å². The van der Waals surface area contributed by atoms with Crippen LogP contribution in [-0.4, -0.2) is 50.3 Å². The molecule has 0 aliphatic carbocycles. The van der Waals surface area contributed by atoms with Gasteiger partial charge in [-0.05, 0) is 30.0 Å². The summed E-state index contributed by atoms with van der Waals surface area (Å²) in [6.07, 6.45) is 1.08. The second-order valence-electron chi connectivity index (χ2n) is 6.55. The standard InChI is InChI=1S/C18H29ClN4O.HI/c1-14(2)6-7-21-18(20)22-13-17(23-8-10-24-11-9-23)15-4-3-5-16(19)12-15;/h3-5,12,14,17H,6-11,13H2,1-2H3,(H3,20,21,22);1H. The predicted molar refractivity (Wildman–Crippen MR) is 116 cm³/mol. The zero-order chi connectivity index (χ0) is 17.4. The molecule has 1 heterocycles. The summed E-state index contributed by atoms with van der Waals surface area (Å²) in [5.74, 6) is 1.16. The van der Waals surface area contributed by atoms with Crippen LogP contribution in [-0.2, 0) is 4.74 Å². The molecular weight excluding hydrogens is 451 g/mol. The largest absolute Gasteiger partial charge is 0.379 e. The van der Waals surface area contributed by atoms with Gasteiger partial charge in [-0.25, -0.2) is 0 Å². The van der Waals surface area contributed by atoms with Gasteiger partial charge in [0, 0.05) is 24.7 Å². The Labute approximate surface area is 173 Å². The summed E-state index contributed by atoms with van der Waals surface area (Å²) < 4.78 is 5.47. The molecule has 1 unspecified atom stereocenters. The number of nitrogens with one attached hydrogen (secondary N) is 1. The van der Waals surface area contributed by atoms with Gasteiger partial charge in [-0.15, -0.1) is 24.0 Å². The molecule has 1 aliphatic rings. The van der Waals surface area contributed by atoms with Crippen molar-refractivity contribution >= 4 is 41.5 Å². The first-order chi connectivity index (χ1) is 11.6. The highest BCUT2D eigenvalue weighted by molar-refractivity contribution is 14.0. The van der Waals surface area contributed by atoms with Gasteiger partial charge < -0.3 is 15.8 Å². The number of rotatable bonds is 7. The van der Waals surface area contributed by atoms with Crippen molar-refractivity contribution < 1.29 is 4.74 Å². The number of benzene rings is 1. The molecule has 142 valence electrons. The minimum absolute atomic E-state index is 0. The maximum atomic E-state index is 6.17. The van der Waals surface area contributed by atoms with E-state index in [1.54, 1.807) is 0 Å². The van der Waals surface area contributed by atoms with Gasteiger partial charge in [0.05, 0.1) is 25.8 Å². The van der Waals surface area contributed by atoms with Crippen LogP contribution in [0.2, 0.25) is 5.02 Å². The Balaban J connectivity index is 0.00000312. The van der Waals surface area contributed by atoms with Gasteiger partial charge in [0.1, 0.15) is 0 Å². The summed E-state index contributed by atoms with van der Waals surface area (Å²) in [6, 6.07) is 8.16. The lowest BCUT2D eigenvalue weighted by Crippen LogP contribution is -2.41. The molecule has 1 fully saturated rings. The van der Waals surface area contributed by atoms with Gasteiger partial charge in [-0.2, -0.15) is 0 Å². The minimum Gasteiger partial charge on any atom is -0.379 e. The number of guanidine groups is 1. The van der Waals surface area contributed by atoms with Gasteiger partial charge in [0.15, 0.2) is 5.96 Å². The summed E-state index contributed by atoms with van der Waals surface area (Å²) in [4.78, 5) is 6.95. The highest BCUT2D eigenvalue weighted by Gasteiger charge is 2.22. The molecule has 7 heteroatoms. The quantitative estimate of drug-likeness (QED) is 0.357. The van der Waals surface area contributed by atoms with Crippen LogP contribution in [0.5, 0.6) is 0 Å². The Hall–Kier alpha value is -0.570. The van der Waals surface area contributed by atoms with Crippen molar-refractivity contribution in [1.82, 2.24) is 10.2 Å². The molecule has 1 aliphatic heterocycles. The summed E-state index contributed by atoms with van der Waals surface area (Å²) in [7, 11) is 0. The van der Waals surface area contributed by atoms with Crippen molar-refractivity contribution in [3.05, 3.63) is 34.9 Å². The highest BCUT2D eigenvalue weighted by Crippen LogP contribution is 2.24. The Morgan fingerprint density at radius 2 is 2.08 bits per heavy atom. The van der Waals surface area contributed by atoms with Gasteiger partial charge >= 0.3 is 0 Å². The maximum Gasteiger partial charge on any atom is 0.188 e. The van der Waals surface area contributed by atoms with E-state index in [-0.39, 0.29) is 30.0 Å². The van der Waals surface area contributed by atoms with Gasteiger partial charge in [0.2, 0.25) is 0 Å². The molecular formula is C18H30ClIN4O. The first kappa shape index (κ1) is 22.5. The maximum absolute atomic E-state index is 6.17. The number of ether oxygens (including phenoxy) is 1. The highest BCUT2D eigenvalue weighted by atomic mass is 127. The molecule has 1 aromatic carbocycles. The van der Waals surface area contributed by atoms with Crippen LogP contribution in [0.3, 0.4) is 0 Å². The Morgan fingerprint density at radius 3 is 2.72 bits per heavy atom. The van der Waals surface area contributed by atoms with Crippen LogP contribution in [0.25, 0.3) is 0 Å². The molecule has 25 heavy (non-hydrogen) atoms. The lowest BCUT2D eigenvalue weighted by atomic mass is 10.0. The van der Waals surface area contributed by atoms with Crippen LogP contribution >= 0.6 is 35.6 Å². The molecule has 0 aromatic heterocycles. The summed E-state index contributed by atoms with van der Waals surface area (Å²) in [5.41, 5.74) is 7.18. The minimum atomic E-state index is 0. The van der Waals surface area contributed by atoms with E-state index in [1.165, 1.54) is 5.56 Å². The molecule has 2 rings (SSSR count). The Morgan fingerprint density at radius 1 is 1.36 bits per heavy atom. The first-order valence-electron chi connectivity index (χ1n) is 8.67. The number of hydrogen-bond acceptors (Lipinski definition) is 3. The van der Waals surface area contributed by atoms with E-state index in [1.807, 2.05) is 18.2 Å². The monoisotopic (exact) mass is 480 g/mol. The lowest BCUT2D eigenvalue weighted by molar-refractivity contribution is 0.0180. The zero-order valence-electron chi connectivity index (χ0n) is 15.1. The zero-order valence-corrected chi connectivity index (χ0v) is 18.2. The van der Waals surface area contributed by atoms with Crippen LogP contribution in [0.1, 0.15) is 31.9 Å². The van der Waals surface area contributed by atoms with Gasteiger partial charge in [0.25, 0.3) is 0 Å². The van der Waals surface area contributed by atoms with Crippen molar-refractivity contribution in [2.45, 2.75) is 26.3 Å². The Bertz CT molecular complexity index is 536. The Kier molecular flexibility index (Phi) is 10.7. The number of nitrogens with zero attached hydrogens (tertiary/aromatic N) is 2. The van der Waals surface area contributed by atoms with Crippen LogP contribution in [0.15, 0.2) is 29.3 Å². The molecule has 1 aromatic rings. The van der Waals surface area contributed by atoms with E-state index < -0.39 is 0 Å². The fraction of sp³-hybridized carbons (Fsp3) is 0.611. The van der Waals surface area contributed by atoms with E-state index in [4.69, 9.17) is 22.1 Å². The molecule has 1 saturated heterocycles. The average molecular weight is 481 g/mol. The van der Waals surface area contributed by atoms with E-state index in [0.717, 1.165) is 44.3 Å². The summed E-state index contributed by atoms with van der Waals surface area (Å²) >= 11 is 6.17. The molecule has 0 radical (unpaired) electrons. The van der Waals surface area contributed by atoms with Crippen LogP contribution in [0.4, 0.5) is 0 Å². The normalized spacial score (nSPS) is 17.2. The predicted octanol–water partition coefficient (Wildman–Crippen LogP) is 3.28. The van der Waals surface area contributed by atoms with Gasteiger partial charge in [-0.3, -0.25) is 9.89 Å². The average Bonchev–Trinajstić information content (AvgIpc) is 2.56. The van der Waals surface area contributed by atoms with E-state index in [0.29, 0.717) is 18.4 Å². The number of hydrogen-bond donors (Lipinski definition) is 2. The second-order valence-corrected chi connectivity index (χ2v) is 6.99. The SMILES string of the molecule is CC(C)CCNC(N)=NCC(c1cccc(Cl)c1)N1CCOCC1.I. The second kappa shape index (κ2) is 11.9. The third kappa shape index (κ3) is 8.11. The number of halogens is 2. The topological polar surface area (TPSA) is 62.9 Å². The van der Waals surface area contributed by atoms with Crippen molar-refractivity contribution in [3.63, 3.8) is 0 Å². The van der Waals surface area contributed by atoms with E-state index in [9.17, 15) is 0 Å². The summed E-state index contributed by atoms with van der Waals surface area (Å²) in [5, 5.41) is 3.94. The number of nitrogens with two attached hydrogens (primary N) is 1. The van der Waals surface area contributed by atoms with E-state index in [2.05, 4.69) is 35.1 Å². The summed E-state index contributed by atoms with van der Waals surface area (Å²) in [6.45, 7) is 9.16. The molecule has 1 atom stereocenters. The smallest absolute Gasteiger partial charge is 0.188 e. The van der Waals surface area contributed by atoms with Crippen LogP contribution < -0.4 is 11.1 Å². The molecule has 0 spiro atoms. The lowest BCUT2D eigenvalue weighted by Gasteiger charge is -2.34. The fourth-order valence-corrected chi connectivity index (χ4v) is 2.96. The fourth-order valence-electron chi connectivity index (χ4n) is 2.76.